The minimum absolute atomic E-state index is 0.155. The van der Waals surface area contributed by atoms with Crippen molar-refractivity contribution in [3.05, 3.63) is 131 Å². The number of fused-ring (bicyclic) bond motifs is 3. The largest absolute Gasteiger partial charge is 0.299 e. The second kappa shape index (κ2) is 8.81. The van der Waals surface area contributed by atoms with E-state index < -0.39 is 17.0 Å². The zero-order chi connectivity index (χ0) is 24.9. The number of carbonyl (C=O) groups excluding carboxylic acids is 2. The lowest BCUT2D eigenvalue weighted by Gasteiger charge is -2.55. The number of alkyl halides is 1. The molecule has 2 aliphatic rings. The fraction of sp³-hybridized carbons (Fsp3) is 0.133. The van der Waals surface area contributed by atoms with E-state index in [1.165, 1.54) is 0 Å². The zero-order valence-corrected chi connectivity index (χ0v) is 20.7. The van der Waals surface area contributed by atoms with Crippen LogP contribution in [0.1, 0.15) is 33.9 Å². The Bertz CT molecular complexity index is 1460. The molecule has 0 bridgehead atoms. The minimum atomic E-state index is -0.839. The summed E-state index contributed by atoms with van der Waals surface area (Å²) in [5.74, 6) is -0.330. The van der Waals surface area contributed by atoms with Gasteiger partial charge in [0.05, 0.1) is 17.4 Å². The van der Waals surface area contributed by atoms with Crippen LogP contribution in [0.2, 0.25) is 5.02 Å². The van der Waals surface area contributed by atoms with Gasteiger partial charge in [-0.1, -0.05) is 84.4 Å². The summed E-state index contributed by atoms with van der Waals surface area (Å²) in [6, 6.07) is 33.7. The third kappa shape index (κ3) is 3.36. The number of hydrogen-bond acceptors (Lipinski definition) is 2. The van der Waals surface area contributed by atoms with Crippen LogP contribution in [0, 0.1) is 0 Å². The van der Waals surface area contributed by atoms with Gasteiger partial charge in [-0.3, -0.25) is 19.4 Å². The molecule has 3 atom stereocenters. The number of hydrogen-bond donors (Lipinski definition) is 0. The first-order valence-electron chi connectivity index (χ1n) is 11.8. The Morgan fingerprint density at radius 3 is 2.14 bits per heavy atom. The van der Waals surface area contributed by atoms with Crippen molar-refractivity contribution in [2.75, 3.05) is 9.80 Å². The van der Waals surface area contributed by atoms with Crippen LogP contribution in [0.3, 0.4) is 0 Å². The van der Waals surface area contributed by atoms with Crippen LogP contribution in [0.25, 0.3) is 0 Å². The average Bonchev–Trinajstić information content (AvgIpc) is 3.05. The molecular formula is C30H22Cl2N2O2. The van der Waals surface area contributed by atoms with Gasteiger partial charge in [0.2, 0.25) is 5.91 Å². The van der Waals surface area contributed by atoms with Crippen LogP contribution >= 0.6 is 23.2 Å². The van der Waals surface area contributed by atoms with Gasteiger partial charge < -0.3 is 0 Å². The minimum Gasteiger partial charge on any atom is -0.299 e. The molecule has 6 rings (SSSR count). The van der Waals surface area contributed by atoms with Crippen molar-refractivity contribution < 1.29 is 9.59 Å². The quantitative estimate of drug-likeness (QED) is 0.219. The Hall–Kier alpha value is -3.60. The number of amides is 2. The molecule has 0 spiro atoms. The van der Waals surface area contributed by atoms with E-state index in [2.05, 4.69) is 0 Å². The lowest BCUT2D eigenvalue weighted by molar-refractivity contribution is -0.127. The summed E-state index contributed by atoms with van der Waals surface area (Å²) < 4.78 is 0. The van der Waals surface area contributed by atoms with Gasteiger partial charge in [0.25, 0.3) is 5.91 Å². The lowest BCUT2D eigenvalue weighted by atomic mass is 9.72. The molecule has 0 saturated carbocycles. The van der Waals surface area contributed by atoms with E-state index in [4.69, 9.17) is 23.2 Å². The van der Waals surface area contributed by atoms with E-state index in [9.17, 15) is 9.59 Å². The molecule has 2 amide bonds. The highest BCUT2D eigenvalue weighted by atomic mass is 35.5. The molecule has 4 aromatic rings. The molecule has 4 aromatic carbocycles. The standard InChI is InChI=1S/C30H22Cl2N2O2/c31-23-15-9-12-21(18-23)26-19-30(22-13-5-2-6-14-22)27(32)29(36)34(30)25-17-8-7-16-24(25)33(26)28(35)20-10-3-1-4-11-20/h1-18,26-27H,19H2/t26-,27+,30+/m1/s1. The number of halogens is 2. The second-order valence-corrected chi connectivity index (χ2v) is 10.0. The molecule has 36 heavy (non-hydrogen) atoms. The Balaban J connectivity index is 1.64. The van der Waals surface area contributed by atoms with E-state index in [0.29, 0.717) is 28.4 Å². The highest BCUT2D eigenvalue weighted by molar-refractivity contribution is 6.38. The summed E-state index contributed by atoms with van der Waals surface area (Å²) in [6.45, 7) is 0. The lowest BCUT2D eigenvalue weighted by Crippen LogP contribution is -2.70. The Kier molecular flexibility index (Phi) is 5.59. The summed E-state index contributed by atoms with van der Waals surface area (Å²) in [5.41, 5.74) is 2.85. The van der Waals surface area contributed by atoms with Crippen LogP contribution in [0.4, 0.5) is 11.4 Å². The van der Waals surface area contributed by atoms with Crippen molar-refractivity contribution in [1.82, 2.24) is 0 Å². The van der Waals surface area contributed by atoms with Gasteiger partial charge in [0, 0.05) is 17.0 Å². The molecule has 0 radical (unpaired) electrons. The number of anilines is 2. The van der Waals surface area contributed by atoms with E-state index in [1.807, 2.05) is 109 Å². The Morgan fingerprint density at radius 2 is 1.44 bits per heavy atom. The van der Waals surface area contributed by atoms with E-state index in [-0.39, 0.29) is 11.8 Å². The number of rotatable bonds is 3. The Labute approximate surface area is 219 Å². The first kappa shape index (κ1) is 22.8. The van der Waals surface area contributed by atoms with Crippen LogP contribution in [0.15, 0.2) is 109 Å². The molecule has 0 unspecified atom stereocenters. The first-order valence-corrected chi connectivity index (χ1v) is 12.6. The molecule has 4 nitrogen and oxygen atoms in total. The highest BCUT2D eigenvalue weighted by Gasteiger charge is 2.64. The molecule has 178 valence electrons. The van der Waals surface area contributed by atoms with Gasteiger partial charge in [-0.15, -0.1) is 11.6 Å². The average molecular weight is 513 g/mol. The van der Waals surface area contributed by atoms with E-state index >= 15 is 0 Å². The maximum atomic E-state index is 14.2. The van der Waals surface area contributed by atoms with Gasteiger partial charge in [-0.25, -0.2) is 0 Å². The monoisotopic (exact) mass is 512 g/mol. The molecule has 0 N–H and O–H groups in total. The number of benzene rings is 4. The molecule has 0 aliphatic carbocycles. The van der Waals surface area contributed by atoms with Gasteiger partial charge in [-0.2, -0.15) is 0 Å². The fourth-order valence-corrected chi connectivity index (χ4v) is 6.18. The van der Waals surface area contributed by atoms with E-state index in [0.717, 1.165) is 11.1 Å². The predicted octanol–water partition coefficient (Wildman–Crippen LogP) is 6.98. The normalized spacial score (nSPS) is 22.8. The smallest absolute Gasteiger partial charge is 0.258 e. The topological polar surface area (TPSA) is 40.6 Å². The molecule has 1 saturated heterocycles. The van der Waals surface area contributed by atoms with Crippen LogP contribution in [-0.2, 0) is 10.3 Å². The summed E-state index contributed by atoms with van der Waals surface area (Å²) in [6.07, 6.45) is 0.407. The number of para-hydroxylation sites is 2. The molecule has 2 heterocycles. The predicted molar refractivity (Wildman–Crippen MR) is 144 cm³/mol. The number of β-lactam (4-membered cyclic amide) rings is 1. The van der Waals surface area contributed by atoms with Crippen LogP contribution in [-0.4, -0.2) is 17.2 Å². The Morgan fingerprint density at radius 1 is 0.806 bits per heavy atom. The van der Waals surface area contributed by atoms with Gasteiger partial charge >= 0.3 is 0 Å². The molecular weight excluding hydrogens is 491 g/mol. The van der Waals surface area contributed by atoms with Crippen molar-refractivity contribution in [2.45, 2.75) is 23.4 Å². The zero-order valence-electron chi connectivity index (χ0n) is 19.2. The summed E-state index contributed by atoms with van der Waals surface area (Å²) in [7, 11) is 0. The van der Waals surface area contributed by atoms with Gasteiger partial charge in [0.15, 0.2) is 0 Å². The highest BCUT2D eigenvalue weighted by Crippen LogP contribution is 2.58. The fourth-order valence-electron chi connectivity index (χ4n) is 5.57. The van der Waals surface area contributed by atoms with Crippen molar-refractivity contribution in [3.8, 4) is 0 Å². The second-order valence-electron chi connectivity index (χ2n) is 9.13. The summed E-state index contributed by atoms with van der Waals surface area (Å²) in [5, 5.41) is -0.198. The van der Waals surface area contributed by atoms with Crippen molar-refractivity contribution in [3.63, 3.8) is 0 Å². The summed E-state index contributed by atoms with van der Waals surface area (Å²) in [4.78, 5) is 31.2. The summed E-state index contributed by atoms with van der Waals surface area (Å²) >= 11 is 13.3. The molecule has 0 aromatic heterocycles. The first-order chi connectivity index (χ1) is 17.5. The van der Waals surface area contributed by atoms with Crippen LogP contribution in [0.5, 0.6) is 0 Å². The number of carbonyl (C=O) groups is 2. The van der Waals surface area contributed by atoms with Crippen LogP contribution < -0.4 is 9.80 Å². The van der Waals surface area contributed by atoms with Crippen molar-refractivity contribution >= 4 is 46.4 Å². The third-order valence-corrected chi connectivity index (χ3v) is 7.98. The maximum Gasteiger partial charge on any atom is 0.258 e. The molecule has 2 aliphatic heterocycles. The van der Waals surface area contributed by atoms with Crippen molar-refractivity contribution in [2.24, 2.45) is 0 Å². The third-order valence-electron chi connectivity index (χ3n) is 7.20. The van der Waals surface area contributed by atoms with Gasteiger partial charge in [0.1, 0.15) is 10.9 Å². The van der Waals surface area contributed by atoms with Crippen molar-refractivity contribution in [1.29, 1.82) is 0 Å². The molecule has 1 fully saturated rings. The maximum absolute atomic E-state index is 14.2. The number of nitrogens with zero attached hydrogens (tertiary/aromatic N) is 2. The molecule has 6 heteroatoms. The van der Waals surface area contributed by atoms with E-state index in [1.54, 1.807) is 9.80 Å². The SMILES string of the molecule is O=C(c1ccccc1)N1c2ccccc2N2C(=O)[C@H](Cl)[C@@]2(c2ccccc2)C[C@@H]1c1cccc(Cl)c1. The van der Waals surface area contributed by atoms with Gasteiger partial charge in [-0.05, 0) is 47.5 Å².